The number of hydrogen-bond acceptors (Lipinski definition) is 6. The molecule has 0 saturated carbocycles. The van der Waals surface area contributed by atoms with Crippen LogP contribution in [-0.4, -0.2) is 65.1 Å². The van der Waals surface area contributed by atoms with Gasteiger partial charge in [-0.25, -0.2) is 15.0 Å². The molecular weight excluding hydrogens is 1150 g/mol. The summed E-state index contributed by atoms with van der Waals surface area (Å²) < 4.78 is 0. The number of aliphatic imine (C=N–C) groups is 3. The number of carbonyl (C=O) groups excluding carboxylic acids is 3. The Kier molecular flexibility index (Phi) is 14.6. The van der Waals surface area contributed by atoms with Gasteiger partial charge in [-0.1, -0.05) is 161 Å². The first kappa shape index (κ1) is 51.0. The summed E-state index contributed by atoms with van der Waals surface area (Å²) in [4.78, 5) is 58.9. The molecule has 0 fully saturated rings. The third kappa shape index (κ3) is 9.94. The van der Waals surface area contributed by atoms with Crippen molar-refractivity contribution in [3.8, 4) is 51.4 Å². The highest BCUT2D eigenvalue weighted by Crippen LogP contribution is 2.41. The van der Waals surface area contributed by atoms with Crippen LogP contribution in [0.1, 0.15) is 97.8 Å². The van der Waals surface area contributed by atoms with Crippen LogP contribution in [0.5, 0.6) is 17.6 Å². The van der Waals surface area contributed by atoms with E-state index in [0.717, 1.165) is 66.8 Å². The molecule has 3 amide bonds. The fourth-order valence-electron chi connectivity index (χ4n) is 9.25. The van der Waals surface area contributed by atoms with E-state index in [0.29, 0.717) is 67.6 Å². The molecule has 368 valence electrons. The van der Waals surface area contributed by atoms with E-state index in [1.165, 1.54) is 0 Å². The van der Waals surface area contributed by atoms with Gasteiger partial charge in [-0.15, -0.1) is 0 Å². The molecule has 0 saturated heterocycles. The highest BCUT2D eigenvalue weighted by atomic mass is 128. The largest absolute Gasteiger partial charge is 0.494 e. The zero-order valence-electron chi connectivity index (χ0n) is 41.0. The van der Waals surface area contributed by atoms with Crippen LogP contribution >= 0.6 is 37.2 Å². The van der Waals surface area contributed by atoms with Gasteiger partial charge in [-0.05, 0) is 76.4 Å². The average molecular weight is 1200 g/mol. The maximum Gasteiger partial charge on any atom is 0.280 e. The van der Waals surface area contributed by atoms with Gasteiger partial charge in [0.05, 0.1) is 67.6 Å². The fraction of sp³-hybridized carbons (Fsp3) is 0.100. The molecule has 6 aromatic carbocycles. The Morgan fingerprint density at radius 1 is 0.324 bits per heavy atom. The standard InChI is InChI=1S/3C20H16N2O2.I2/c1-11-3-7-13(8-4-11)17-15-16(20(24)21-17)18(22-19(15)23)14-9-5-12(2)6-10-14;1-11-5-3-7-13(9-11)17-15-16(20(24)21-17)18(22-19(15)23)14-8-4-6-12(2)10-14;1-11-6-8-13(9-7-11)17-15-16(20(24)21-17)18(22-19(15)23)14-5-3-4-12(2)10-14;1-2/h2*3-10,21,24H,1-2H3;3-10,22-23H,1-2H3;. The Labute approximate surface area is 450 Å². The molecule has 0 aliphatic carbocycles. The van der Waals surface area contributed by atoms with Crippen molar-refractivity contribution in [1.82, 2.24) is 15.0 Å². The molecule has 3 aliphatic rings. The van der Waals surface area contributed by atoms with Crippen molar-refractivity contribution in [2.75, 3.05) is 0 Å². The minimum atomic E-state index is -0.326. The van der Waals surface area contributed by atoms with Gasteiger partial charge in [0.1, 0.15) is 0 Å². The second-order valence-corrected chi connectivity index (χ2v) is 18.3. The van der Waals surface area contributed by atoms with Crippen molar-refractivity contribution < 1.29 is 29.7 Å². The molecule has 3 aromatic heterocycles. The van der Waals surface area contributed by atoms with Gasteiger partial charge >= 0.3 is 0 Å². The lowest BCUT2D eigenvalue weighted by Crippen LogP contribution is -2.00. The molecular formula is C60H48I2N6O6. The lowest BCUT2D eigenvalue weighted by molar-refractivity contribution is 0.0998. The van der Waals surface area contributed by atoms with Gasteiger partial charge in [0.25, 0.3) is 17.7 Å². The van der Waals surface area contributed by atoms with Crippen molar-refractivity contribution in [3.63, 3.8) is 0 Å². The van der Waals surface area contributed by atoms with Crippen LogP contribution in [0, 0.1) is 41.5 Å². The summed E-state index contributed by atoms with van der Waals surface area (Å²) in [5.41, 5.74) is 17.8. The highest BCUT2D eigenvalue weighted by molar-refractivity contribution is 15.0. The third-order valence-electron chi connectivity index (χ3n) is 12.8. The molecule has 0 bridgehead atoms. The first-order valence-electron chi connectivity index (χ1n) is 23.4. The quantitative estimate of drug-likeness (QED) is 0.0896. The van der Waals surface area contributed by atoms with E-state index >= 15 is 0 Å². The number of carbonyl (C=O) groups is 3. The summed E-state index contributed by atoms with van der Waals surface area (Å²) >= 11 is 4.24. The number of H-pyrrole nitrogens is 3. The van der Waals surface area contributed by atoms with Crippen molar-refractivity contribution in [1.29, 1.82) is 0 Å². The second-order valence-electron chi connectivity index (χ2n) is 18.3. The second kappa shape index (κ2) is 21.2. The van der Waals surface area contributed by atoms with Gasteiger partial charge in [0, 0.05) is 53.9 Å². The minimum absolute atomic E-state index is 0.0207. The van der Waals surface area contributed by atoms with Crippen LogP contribution in [0.4, 0.5) is 0 Å². The zero-order chi connectivity index (χ0) is 52.5. The predicted molar refractivity (Wildman–Crippen MR) is 309 cm³/mol. The molecule has 12 nitrogen and oxygen atoms in total. The molecule has 0 unspecified atom stereocenters. The monoisotopic (exact) mass is 1200 g/mol. The van der Waals surface area contributed by atoms with Gasteiger partial charge in [-0.3, -0.25) is 14.4 Å². The van der Waals surface area contributed by atoms with Crippen LogP contribution in [0.15, 0.2) is 161 Å². The Bertz CT molecular complexity index is 3780. The van der Waals surface area contributed by atoms with Crippen LogP contribution in [0.2, 0.25) is 0 Å². The number of aromatic hydroxyl groups is 3. The Balaban J connectivity index is 0.000000134. The number of fused-ring (bicyclic) bond motifs is 3. The Morgan fingerprint density at radius 2 is 0.595 bits per heavy atom. The predicted octanol–water partition coefficient (Wildman–Crippen LogP) is 13.8. The molecule has 9 aromatic rings. The number of hydrogen-bond donors (Lipinski definition) is 6. The number of aromatic amines is 3. The molecule has 6 N–H and O–H groups in total. The normalized spacial score (nSPS) is 12.8. The van der Waals surface area contributed by atoms with Gasteiger partial charge < -0.3 is 30.3 Å². The lowest BCUT2D eigenvalue weighted by Gasteiger charge is -2.02. The summed E-state index contributed by atoms with van der Waals surface area (Å²) in [7, 11) is 0. The first-order valence-corrected chi connectivity index (χ1v) is 29.7. The maximum absolute atomic E-state index is 12.5. The summed E-state index contributed by atoms with van der Waals surface area (Å²) in [5, 5.41) is 31.2. The topological polar surface area (TPSA) is 196 Å². The van der Waals surface area contributed by atoms with E-state index in [1.807, 2.05) is 187 Å². The van der Waals surface area contributed by atoms with E-state index in [-0.39, 0.29) is 35.4 Å². The summed E-state index contributed by atoms with van der Waals surface area (Å²) in [5.74, 6) is -1.04. The number of aromatic nitrogens is 3. The number of amides is 3. The van der Waals surface area contributed by atoms with Crippen LogP contribution < -0.4 is 0 Å². The van der Waals surface area contributed by atoms with Gasteiger partial charge in [0.2, 0.25) is 0 Å². The van der Waals surface area contributed by atoms with E-state index in [2.05, 4.69) is 67.2 Å². The molecule has 12 rings (SSSR count). The third-order valence-corrected chi connectivity index (χ3v) is 12.8. The van der Waals surface area contributed by atoms with Crippen LogP contribution in [0.25, 0.3) is 33.8 Å². The number of benzene rings is 6. The number of aryl methyl sites for hydroxylation is 6. The number of halogens is 2. The van der Waals surface area contributed by atoms with Crippen LogP contribution in [-0.2, 0) is 0 Å². The molecule has 0 radical (unpaired) electrons. The number of nitrogens with zero attached hydrogens (tertiary/aromatic N) is 3. The maximum atomic E-state index is 12.5. The Morgan fingerprint density at radius 3 is 0.919 bits per heavy atom. The van der Waals surface area contributed by atoms with Gasteiger partial charge in [-0.2, -0.15) is 0 Å². The SMILES string of the molecule is Cc1ccc(C2=NC(=O)c3c(-c4ccc(C)cc4)[nH]c(O)c32)cc1.Cc1ccc(C2=NC(=O)c3c(-c4cccc(C)c4)[nH]c(O)c32)cc1.Cc1cccc(C2=NC(=O)c3c(-c4cccc(C)c4)[nH]c(O)c32)c1.II. The average Bonchev–Trinajstić information content (AvgIpc) is 4.25. The van der Waals surface area contributed by atoms with E-state index in [1.54, 1.807) is 0 Å². The zero-order valence-corrected chi connectivity index (χ0v) is 45.3. The molecule has 74 heavy (non-hydrogen) atoms. The van der Waals surface area contributed by atoms with Crippen molar-refractivity contribution in [3.05, 3.63) is 229 Å². The lowest BCUT2D eigenvalue weighted by atomic mass is 9.99. The minimum Gasteiger partial charge on any atom is -0.494 e. The molecule has 3 aliphatic heterocycles. The number of nitrogens with one attached hydrogen (secondary N) is 3. The van der Waals surface area contributed by atoms with E-state index in [4.69, 9.17) is 0 Å². The molecule has 14 heteroatoms. The summed E-state index contributed by atoms with van der Waals surface area (Å²) in [6.07, 6.45) is 0. The first-order chi connectivity index (χ1) is 35.6. The molecule has 6 heterocycles. The molecule has 0 spiro atoms. The van der Waals surface area contributed by atoms with Crippen molar-refractivity contribution >= 4 is 72.1 Å². The molecule has 0 atom stereocenters. The smallest absolute Gasteiger partial charge is 0.280 e. The summed E-state index contributed by atoms with van der Waals surface area (Å²) in [6, 6.07) is 46.7. The van der Waals surface area contributed by atoms with Gasteiger partial charge in [0.15, 0.2) is 17.6 Å². The Hall–Kier alpha value is -7.96. The number of rotatable bonds is 6. The summed E-state index contributed by atoms with van der Waals surface area (Å²) in [6.45, 7) is 12.0. The van der Waals surface area contributed by atoms with Crippen LogP contribution in [0.3, 0.4) is 0 Å². The van der Waals surface area contributed by atoms with E-state index < -0.39 is 0 Å². The highest BCUT2D eigenvalue weighted by Gasteiger charge is 2.36. The van der Waals surface area contributed by atoms with Crippen molar-refractivity contribution in [2.45, 2.75) is 41.5 Å². The van der Waals surface area contributed by atoms with Crippen molar-refractivity contribution in [2.24, 2.45) is 15.0 Å². The van der Waals surface area contributed by atoms with E-state index in [9.17, 15) is 29.7 Å². The fourth-order valence-corrected chi connectivity index (χ4v) is 9.25.